The highest BCUT2D eigenvalue weighted by molar-refractivity contribution is 8.00. The molecule has 0 radical (unpaired) electrons. The molecule has 0 aliphatic rings. The van der Waals surface area contributed by atoms with Crippen molar-refractivity contribution in [3.63, 3.8) is 0 Å². The van der Waals surface area contributed by atoms with Gasteiger partial charge in [-0.2, -0.15) is 0 Å². The fourth-order valence-corrected chi connectivity index (χ4v) is 1.94. The average Bonchev–Trinajstić information content (AvgIpc) is 2.35. The van der Waals surface area contributed by atoms with Gasteiger partial charge in [0.15, 0.2) is 0 Å². The summed E-state index contributed by atoms with van der Waals surface area (Å²) in [5, 5.41) is 12.3. The second kappa shape index (κ2) is 7.58. The number of carbonyl (C=O) groups excluding carboxylic acids is 1. The summed E-state index contributed by atoms with van der Waals surface area (Å²) in [7, 11) is 0. The zero-order chi connectivity index (χ0) is 12.7. The van der Waals surface area contributed by atoms with E-state index in [1.54, 1.807) is 12.1 Å². The first-order valence-corrected chi connectivity index (χ1v) is 6.74. The summed E-state index contributed by atoms with van der Waals surface area (Å²) in [4.78, 5) is 12.5. The maximum Gasteiger partial charge on any atom is 0.230 e. The van der Waals surface area contributed by atoms with E-state index in [1.165, 1.54) is 11.8 Å². The second-order valence-corrected chi connectivity index (χ2v) is 5.32. The molecular formula is C12H16ClNO2S. The molecule has 0 spiro atoms. The van der Waals surface area contributed by atoms with Gasteiger partial charge in [0, 0.05) is 23.1 Å². The van der Waals surface area contributed by atoms with Crippen LogP contribution in [0.4, 0.5) is 0 Å². The van der Waals surface area contributed by atoms with Crippen molar-refractivity contribution in [2.24, 2.45) is 5.92 Å². The fraction of sp³-hybridized carbons (Fsp3) is 0.417. The van der Waals surface area contributed by atoms with Crippen LogP contribution in [0.2, 0.25) is 5.02 Å². The van der Waals surface area contributed by atoms with Gasteiger partial charge in [0.05, 0.1) is 5.75 Å². The van der Waals surface area contributed by atoms with Gasteiger partial charge in [0.25, 0.3) is 0 Å². The van der Waals surface area contributed by atoms with Crippen LogP contribution in [0.1, 0.15) is 6.92 Å². The molecule has 0 aromatic heterocycles. The fourth-order valence-electron chi connectivity index (χ4n) is 1.08. The highest BCUT2D eigenvalue weighted by Gasteiger charge is 2.05. The highest BCUT2D eigenvalue weighted by Crippen LogP contribution is 2.19. The van der Waals surface area contributed by atoms with Crippen LogP contribution in [-0.4, -0.2) is 29.9 Å². The number of hydrogen-bond acceptors (Lipinski definition) is 3. The Hall–Kier alpha value is -0.710. The number of carbonyl (C=O) groups is 1. The molecule has 0 saturated heterocycles. The van der Waals surface area contributed by atoms with Crippen LogP contribution in [0, 0.1) is 5.92 Å². The van der Waals surface area contributed by atoms with Crippen molar-refractivity contribution < 1.29 is 9.90 Å². The van der Waals surface area contributed by atoms with E-state index in [4.69, 9.17) is 16.7 Å². The largest absolute Gasteiger partial charge is 0.396 e. The number of hydrogen-bond donors (Lipinski definition) is 2. The maximum atomic E-state index is 11.5. The van der Waals surface area contributed by atoms with Crippen molar-refractivity contribution in [3.8, 4) is 0 Å². The number of nitrogens with one attached hydrogen (secondary N) is 1. The van der Waals surface area contributed by atoms with E-state index in [1.807, 2.05) is 19.1 Å². The van der Waals surface area contributed by atoms with Crippen LogP contribution in [0.5, 0.6) is 0 Å². The first-order chi connectivity index (χ1) is 8.11. The summed E-state index contributed by atoms with van der Waals surface area (Å²) in [5.74, 6) is 0.449. The molecule has 5 heteroatoms. The summed E-state index contributed by atoms with van der Waals surface area (Å²) in [6, 6.07) is 7.37. The van der Waals surface area contributed by atoms with Crippen LogP contribution in [0.25, 0.3) is 0 Å². The minimum atomic E-state index is -0.0229. The molecule has 1 aromatic carbocycles. The summed E-state index contributed by atoms with van der Waals surface area (Å²) < 4.78 is 0. The number of thioether (sulfide) groups is 1. The van der Waals surface area contributed by atoms with E-state index in [0.29, 0.717) is 17.3 Å². The lowest BCUT2D eigenvalue weighted by Crippen LogP contribution is -2.30. The molecule has 1 aromatic rings. The Morgan fingerprint density at radius 3 is 2.71 bits per heavy atom. The van der Waals surface area contributed by atoms with Gasteiger partial charge >= 0.3 is 0 Å². The number of aliphatic hydroxyl groups excluding tert-OH is 1. The average molecular weight is 274 g/mol. The van der Waals surface area contributed by atoms with Gasteiger partial charge in [-0.05, 0) is 30.2 Å². The number of rotatable bonds is 6. The molecule has 0 aliphatic carbocycles. The van der Waals surface area contributed by atoms with E-state index in [-0.39, 0.29) is 18.4 Å². The van der Waals surface area contributed by atoms with Gasteiger partial charge in [0.2, 0.25) is 5.91 Å². The third-order valence-corrected chi connectivity index (χ3v) is 3.41. The summed E-state index contributed by atoms with van der Waals surface area (Å²) in [6.07, 6.45) is 0. The van der Waals surface area contributed by atoms with Crippen LogP contribution in [0.3, 0.4) is 0 Å². The van der Waals surface area contributed by atoms with Crippen LogP contribution >= 0.6 is 23.4 Å². The van der Waals surface area contributed by atoms with E-state index < -0.39 is 0 Å². The molecule has 0 heterocycles. The lowest BCUT2D eigenvalue weighted by atomic mass is 10.2. The van der Waals surface area contributed by atoms with Crippen molar-refractivity contribution in [1.82, 2.24) is 5.32 Å². The molecule has 94 valence electrons. The summed E-state index contributed by atoms with van der Waals surface area (Å²) in [6.45, 7) is 2.48. The van der Waals surface area contributed by atoms with Crippen molar-refractivity contribution in [2.75, 3.05) is 18.9 Å². The van der Waals surface area contributed by atoms with Crippen LogP contribution in [0.15, 0.2) is 29.2 Å². The Morgan fingerprint density at radius 1 is 1.47 bits per heavy atom. The van der Waals surface area contributed by atoms with Gasteiger partial charge < -0.3 is 10.4 Å². The van der Waals surface area contributed by atoms with E-state index in [2.05, 4.69) is 5.32 Å². The molecule has 0 aliphatic heterocycles. The minimum absolute atomic E-state index is 0.0229. The zero-order valence-corrected chi connectivity index (χ0v) is 11.2. The second-order valence-electron chi connectivity index (χ2n) is 3.83. The third kappa shape index (κ3) is 5.96. The van der Waals surface area contributed by atoms with Gasteiger partial charge in [-0.25, -0.2) is 0 Å². The van der Waals surface area contributed by atoms with Gasteiger partial charge in [-0.1, -0.05) is 18.5 Å². The topological polar surface area (TPSA) is 49.3 Å². The number of benzene rings is 1. The Kier molecular flexibility index (Phi) is 6.40. The maximum absolute atomic E-state index is 11.5. The van der Waals surface area contributed by atoms with Crippen molar-refractivity contribution in [3.05, 3.63) is 29.3 Å². The highest BCUT2D eigenvalue weighted by atomic mass is 35.5. The van der Waals surface area contributed by atoms with E-state index in [9.17, 15) is 4.79 Å². The van der Waals surface area contributed by atoms with Crippen molar-refractivity contribution in [2.45, 2.75) is 11.8 Å². The molecule has 0 fully saturated rings. The molecule has 17 heavy (non-hydrogen) atoms. The molecule has 1 unspecified atom stereocenters. The number of amides is 1. The van der Waals surface area contributed by atoms with Gasteiger partial charge in [0.1, 0.15) is 0 Å². The molecule has 1 amide bonds. The predicted octanol–water partition coefficient (Wildman–Crippen LogP) is 2.18. The molecular weight excluding hydrogens is 258 g/mol. The monoisotopic (exact) mass is 273 g/mol. The predicted molar refractivity (Wildman–Crippen MR) is 71.4 cm³/mol. The zero-order valence-electron chi connectivity index (χ0n) is 9.65. The SMILES string of the molecule is CC(CO)CNC(=O)CSc1ccc(Cl)cc1. The smallest absolute Gasteiger partial charge is 0.230 e. The third-order valence-electron chi connectivity index (χ3n) is 2.14. The van der Waals surface area contributed by atoms with Gasteiger partial charge in [-0.15, -0.1) is 11.8 Å². The Labute approximate surface area is 111 Å². The number of aliphatic hydroxyl groups is 1. The Bertz CT molecular complexity index is 356. The molecule has 2 N–H and O–H groups in total. The molecule has 3 nitrogen and oxygen atoms in total. The first kappa shape index (κ1) is 14.4. The van der Waals surface area contributed by atoms with Crippen molar-refractivity contribution >= 4 is 29.3 Å². The summed E-state index contributed by atoms with van der Waals surface area (Å²) >= 11 is 7.23. The van der Waals surface area contributed by atoms with E-state index >= 15 is 0 Å². The molecule has 1 rings (SSSR count). The molecule has 1 atom stereocenters. The van der Waals surface area contributed by atoms with Crippen LogP contribution < -0.4 is 5.32 Å². The minimum Gasteiger partial charge on any atom is -0.396 e. The molecule has 0 bridgehead atoms. The normalized spacial score (nSPS) is 12.2. The Balaban J connectivity index is 2.26. The quantitative estimate of drug-likeness (QED) is 0.781. The number of halogens is 1. The lowest BCUT2D eigenvalue weighted by molar-refractivity contribution is -0.118. The van der Waals surface area contributed by atoms with Crippen molar-refractivity contribution in [1.29, 1.82) is 0 Å². The first-order valence-electron chi connectivity index (χ1n) is 5.37. The van der Waals surface area contributed by atoms with Gasteiger partial charge in [-0.3, -0.25) is 4.79 Å². The van der Waals surface area contributed by atoms with Crippen LogP contribution in [-0.2, 0) is 4.79 Å². The van der Waals surface area contributed by atoms with E-state index in [0.717, 1.165) is 4.90 Å². The lowest BCUT2D eigenvalue weighted by Gasteiger charge is -2.09. The summed E-state index contributed by atoms with van der Waals surface area (Å²) in [5.41, 5.74) is 0. The molecule has 0 saturated carbocycles. The standard InChI is InChI=1S/C12H16ClNO2S/c1-9(7-15)6-14-12(16)8-17-11-4-2-10(13)3-5-11/h2-5,9,15H,6-8H2,1H3,(H,14,16). The Morgan fingerprint density at radius 2 is 2.12 bits per heavy atom.